The quantitative estimate of drug-likeness (QED) is 0.495. The van der Waals surface area contributed by atoms with E-state index in [4.69, 9.17) is 14.4 Å². The summed E-state index contributed by atoms with van der Waals surface area (Å²) in [4.78, 5) is 4.40. The lowest BCUT2D eigenvalue weighted by Crippen LogP contribution is -2.32. The largest absolute Gasteiger partial charge is 0.497 e. The molecule has 136 valence electrons. The molecule has 5 heteroatoms. The Balaban J connectivity index is 1.49. The topological polar surface area (TPSA) is 62.9 Å². The molecule has 0 aliphatic rings. The van der Waals surface area contributed by atoms with E-state index in [1.54, 1.807) is 13.3 Å². The van der Waals surface area contributed by atoms with Crippen LogP contribution in [-0.4, -0.2) is 12.1 Å². The lowest BCUT2D eigenvalue weighted by molar-refractivity contribution is -0.688. The summed E-state index contributed by atoms with van der Waals surface area (Å²) in [5.41, 5.74) is 3.66. The molecule has 4 aromatic rings. The van der Waals surface area contributed by atoms with Gasteiger partial charge in [-0.2, -0.15) is 5.26 Å². The van der Waals surface area contributed by atoms with Gasteiger partial charge in [-0.05, 0) is 36.4 Å². The van der Waals surface area contributed by atoms with Crippen LogP contribution in [0.5, 0.6) is 5.75 Å². The van der Waals surface area contributed by atoms with Gasteiger partial charge in [0.25, 0.3) is 0 Å². The second kappa shape index (κ2) is 7.77. The van der Waals surface area contributed by atoms with Gasteiger partial charge in [-0.3, -0.25) is 0 Å². The Kier molecular flexibility index (Phi) is 4.85. The highest BCUT2D eigenvalue weighted by Crippen LogP contribution is 2.26. The van der Waals surface area contributed by atoms with Crippen LogP contribution in [0.15, 0.2) is 83.7 Å². The first-order valence-corrected chi connectivity index (χ1v) is 8.84. The summed E-state index contributed by atoms with van der Waals surface area (Å²) in [6, 6.07) is 21.4. The van der Waals surface area contributed by atoms with Crippen LogP contribution in [-0.2, 0) is 6.54 Å². The SMILES string of the molecule is COc1ccc(-c2cnc(-c3cc[n+](Cc4ccc(C#N)cc4)cc3)o2)cc1. The van der Waals surface area contributed by atoms with Gasteiger partial charge in [0, 0.05) is 28.8 Å². The summed E-state index contributed by atoms with van der Waals surface area (Å²) >= 11 is 0. The summed E-state index contributed by atoms with van der Waals surface area (Å²) in [7, 11) is 1.64. The molecule has 0 atom stereocenters. The fourth-order valence-electron chi connectivity index (χ4n) is 2.90. The Bertz CT molecular complexity index is 1110. The van der Waals surface area contributed by atoms with E-state index in [1.807, 2.05) is 73.1 Å². The summed E-state index contributed by atoms with van der Waals surface area (Å²) < 4.78 is 13.2. The average Bonchev–Trinajstić information content (AvgIpc) is 3.25. The minimum absolute atomic E-state index is 0.580. The Morgan fingerprint density at radius 3 is 2.32 bits per heavy atom. The molecule has 2 heterocycles. The highest BCUT2D eigenvalue weighted by atomic mass is 16.5. The predicted molar refractivity (Wildman–Crippen MR) is 104 cm³/mol. The minimum Gasteiger partial charge on any atom is -0.497 e. The molecule has 0 aliphatic carbocycles. The lowest BCUT2D eigenvalue weighted by Gasteiger charge is -2.01. The van der Waals surface area contributed by atoms with Crippen molar-refractivity contribution in [3.05, 3.63) is 90.4 Å². The number of nitrogens with zero attached hydrogens (tertiary/aromatic N) is 3. The number of ether oxygens (including phenoxy) is 1. The van der Waals surface area contributed by atoms with Gasteiger partial charge >= 0.3 is 0 Å². The van der Waals surface area contributed by atoms with Crippen molar-refractivity contribution in [3.63, 3.8) is 0 Å². The molecule has 2 aromatic heterocycles. The third-order valence-corrected chi connectivity index (χ3v) is 4.47. The lowest BCUT2D eigenvalue weighted by atomic mass is 10.1. The molecule has 5 nitrogen and oxygen atoms in total. The van der Waals surface area contributed by atoms with Crippen molar-refractivity contribution in [2.75, 3.05) is 7.11 Å². The molecule has 0 aliphatic heterocycles. The van der Waals surface area contributed by atoms with Crippen molar-refractivity contribution in [2.24, 2.45) is 0 Å². The van der Waals surface area contributed by atoms with Crippen LogP contribution in [0.2, 0.25) is 0 Å². The molecular formula is C23H18N3O2+. The Hall–Kier alpha value is -3.91. The summed E-state index contributed by atoms with van der Waals surface area (Å²) in [6.45, 7) is 0.731. The molecule has 0 saturated carbocycles. The first-order valence-electron chi connectivity index (χ1n) is 8.84. The number of aromatic nitrogens is 2. The van der Waals surface area contributed by atoms with E-state index >= 15 is 0 Å². The van der Waals surface area contributed by atoms with Crippen molar-refractivity contribution in [1.82, 2.24) is 4.98 Å². The third-order valence-electron chi connectivity index (χ3n) is 4.47. The maximum absolute atomic E-state index is 8.88. The number of methoxy groups -OCH3 is 1. The number of hydrogen-bond acceptors (Lipinski definition) is 4. The summed E-state index contributed by atoms with van der Waals surface area (Å²) in [5.74, 6) is 2.10. The van der Waals surface area contributed by atoms with Gasteiger partial charge in [0.1, 0.15) is 5.75 Å². The zero-order chi connectivity index (χ0) is 19.3. The molecule has 4 rings (SSSR count). The number of rotatable bonds is 5. The molecule has 2 aromatic carbocycles. The van der Waals surface area contributed by atoms with Crippen LogP contribution in [0.3, 0.4) is 0 Å². The van der Waals surface area contributed by atoms with E-state index in [9.17, 15) is 0 Å². The first kappa shape index (κ1) is 17.5. The maximum Gasteiger partial charge on any atom is 0.227 e. The van der Waals surface area contributed by atoms with Crippen molar-refractivity contribution < 1.29 is 13.7 Å². The average molecular weight is 368 g/mol. The van der Waals surface area contributed by atoms with Crippen LogP contribution in [0.25, 0.3) is 22.8 Å². The first-order chi connectivity index (χ1) is 13.7. The summed E-state index contributed by atoms with van der Waals surface area (Å²) in [6.07, 6.45) is 5.71. The van der Waals surface area contributed by atoms with Crippen LogP contribution in [0, 0.1) is 11.3 Å². The smallest absolute Gasteiger partial charge is 0.227 e. The molecule has 0 saturated heterocycles. The molecule has 0 bridgehead atoms. The molecule has 0 amide bonds. The predicted octanol–water partition coefficient (Wildman–Crippen LogP) is 4.22. The van der Waals surface area contributed by atoms with Crippen LogP contribution in [0.4, 0.5) is 0 Å². The van der Waals surface area contributed by atoms with Crippen LogP contribution >= 0.6 is 0 Å². The molecule has 0 spiro atoms. The van der Waals surface area contributed by atoms with Crippen LogP contribution in [0.1, 0.15) is 11.1 Å². The van der Waals surface area contributed by atoms with E-state index in [1.165, 1.54) is 0 Å². The maximum atomic E-state index is 8.88. The normalized spacial score (nSPS) is 10.4. The molecule has 0 fully saturated rings. The van der Waals surface area contributed by atoms with Crippen molar-refractivity contribution in [2.45, 2.75) is 6.54 Å². The number of nitriles is 1. The van der Waals surface area contributed by atoms with Crippen molar-refractivity contribution >= 4 is 0 Å². The number of benzene rings is 2. The molecule has 0 N–H and O–H groups in total. The molecular weight excluding hydrogens is 350 g/mol. The van der Waals surface area contributed by atoms with Gasteiger partial charge in [0.2, 0.25) is 5.89 Å². The monoisotopic (exact) mass is 368 g/mol. The van der Waals surface area contributed by atoms with Crippen LogP contribution < -0.4 is 9.30 Å². The fourth-order valence-corrected chi connectivity index (χ4v) is 2.90. The van der Waals surface area contributed by atoms with Gasteiger partial charge in [-0.15, -0.1) is 0 Å². The van der Waals surface area contributed by atoms with Gasteiger partial charge in [-0.1, -0.05) is 12.1 Å². The van der Waals surface area contributed by atoms with Gasteiger partial charge in [0.15, 0.2) is 24.7 Å². The van der Waals surface area contributed by atoms with E-state index in [0.29, 0.717) is 17.2 Å². The second-order valence-electron chi connectivity index (χ2n) is 6.33. The Morgan fingerprint density at radius 1 is 0.964 bits per heavy atom. The van der Waals surface area contributed by atoms with Gasteiger partial charge in [-0.25, -0.2) is 9.55 Å². The molecule has 0 unspecified atom stereocenters. The second-order valence-corrected chi connectivity index (χ2v) is 6.33. The standard InChI is InChI=1S/C23H18N3O2/c1-27-21-8-6-19(7-9-21)22-15-25-23(28-22)20-10-12-26(13-11-20)16-18-4-2-17(14-24)3-5-18/h2-13,15H,16H2,1H3/q+1. The number of pyridine rings is 1. The highest BCUT2D eigenvalue weighted by Gasteiger charge is 2.11. The zero-order valence-electron chi connectivity index (χ0n) is 15.4. The number of oxazole rings is 1. The van der Waals surface area contributed by atoms with Gasteiger partial charge in [0.05, 0.1) is 24.9 Å². The highest BCUT2D eigenvalue weighted by molar-refractivity contribution is 5.61. The zero-order valence-corrected chi connectivity index (χ0v) is 15.4. The number of hydrogen-bond donors (Lipinski definition) is 0. The van der Waals surface area contributed by atoms with Crippen molar-refractivity contribution in [1.29, 1.82) is 5.26 Å². The van der Waals surface area contributed by atoms with E-state index in [-0.39, 0.29) is 0 Å². The Labute approximate surface area is 163 Å². The minimum atomic E-state index is 0.580. The fraction of sp³-hybridized carbons (Fsp3) is 0.0870. The molecule has 28 heavy (non-hydrogen) atoms. The van der Waals surface area contributed by atoms with E-state index < -0.39 is 0 Å². The third kappa shape index (κ3) is 3.76. The summed E-state index contributed by atoms with van der Waals surface area (Å²) in [5, 5.41) is 8.88. The van der Waals surface area contributed by atoms with E-state index in [2.05, 4.69) is 15.6 Å². The van der Waals surface area contributed by atoms with Gasteiger partial charge < -0.3 is 9.15 Å². The van der Waals surface area contributed by atoms with Crippen molar-refractivity contribution in [3.8, 4) is 34.6 Å². The van der Waals surface area contributed by atoms with E-state index in [0.717, 1.165) is 29.0 Å². The Morgan fingerprint density at radius 2 is 1.68 bits per heavy atom. The molecule has 0 radical (unpaired) electrons.